The van der Waals surface area contributed by atoms with E-state index in [0.29, 0.717) is 23.7 Å². The maximum Gasteiger partial charge on any atom is 0.229 e. The van der Waals surface area contributed by atoms with Crippen LogP contribution in [-0.4, -0.2) is 54.8 Å². The molecule has 0 atom stereocenters. The summed E-state index contributed by atoms with van der Waals surface area (Å²) in [4.78, 5) is 23.2. The summed E-state index contributed by atoms with van der Waals surface area (Å²) in [5.41, 5.74) is 0.807. The molecule has 5 nitrogen and oxygen atoms in total. The number of likely N-dealkylation sites (N-methyl/N-ethyl adjacent to an activating group) is 1. The van der Waals surface area contributed by atoms with Crippen LogP contribution in [0.1, 0.15) is 20.3 Å². The molecule has 0 N–H and O–H groups in total. The lowest BCUT2D eigenvalue weighted by Gasteiger charge is -2.24. The standard InChI is InChI=1S/C23H28ClN3O2S2/c1-4-26(5-2)14-15-27(21(28)13-16-30-18-11-9-17(24)10-12-18)23-25-22-19(29-3)7-6-8-20(22)31-23/h6-12H,4-5,13-16H2,1-3H3. The molecule has 31 heavy (non-hydrogen) atoms. The molecule has 0 unspecified atom stereocenters. The summed E-state index contributed by atoms with van der Waals surface area (Å²) in [5.74, 6) is 1.53. The zero-order valence-electron chi connectivity index (χ0n) is 18.1. The molecule has 0 fully saturated rings. The molecule has 0 radical (unpaired) electrons. The van der Waals surface area contributed by atoms with E-state index >= 15 is 0 Å². The van der Waals surface area contributed by atoms with Gasteiger partial charge in [0.1, 0.15) is 11.3 Å². The number of nitrogens with zero attached hydrogens (tertiary/aromatic N) is 3. The fourth-order valence-electron chi connectivity index (χ4n) is 3.22. The zero-order valence-corrected chi connectivity index (χ0v) is 20.5. The predicted molar refractivity (Wildman–Crippen MR) is 133 cm³/mol. The van der Waals surface area contributed by atoms with Crippen LogP contribution in [0.3, 0.4) is 0 Å². The second kappa shape index (κ2) is 11.7. The van der Waals surface area contributed by atoms with Crippen molar-refractivity contribution >= 4 is 56.0 Å². The molecular formula is C23H28ClN3O2S2. The number of ether oxygens (including phenoxy) is 1. The summed E-state index contributed by atoms with van der Waals surface area (Å²) >= 11 is 9.15. The normalized spacial score (nSPS) is 11.3. The van der Waals surface area contributed by atoms with Crippen molar-refractivity contribution in [2.75, 3.05) is 43.9 Å². The van der Waals surface area contributed by atoms with Gasteiger partial charge in [-0.2, -0.15) is 0 Å². The molecule has 0 saturated heterocycles. The van der Waals surface area contributed by atoms with Crippen molar-refractivity contribution in [3.8, 4) is 5.75 Å². The van der Waals surface area contributed by atoms with Gasteiger partial charge < -0.3 is 9.64 Å². The Kier molecular flexibility index (Phi) is 9.02. The Morgan fingerprint density at radius 3 is 2.55 bits per heavy atom. The highest BCUT2D eigenvalue weighted by molar-refractivity contribution is 7.99. The Morgan fingerprint density at radius 1 is 1.13 bits per heavy atom. The van der Waals surface area contributed by atoms with Crippen LogP contribution in [0, 0.1) is 0 Å². The number of carbonyl (C=O) groups is 1. The fourth-order valence-corrected chi connectivity index (χ4v) is 5.22. The van der Waals surface area contributed by atoms with E-state index in [1.807, 2.05) is 47.4 Å². The van der Waals surface area contributed by atoms with Crippen LogP contribution in [0.2, 0.25) is 5.02 Å². The van der Waals surface area contributed by atoms with Gasteiger partial charge in [-0.05, 0) is 49.5 Å². The first kappa shape index (κ1) is 23.9. The highest BCUT2D eigenvalue weighted by atomic mass is 35.5. The molecule has 2 aromatic carbocycles. The van der Waals surface area contributed by atoms with Gasteiger partial charge in [0.15, 0.2) is 5.13 Å². The average Bonchev–Trinajstić information content (AvgIpc) is 3.22. The van der Waals surface area contributed by atoms with Crippen molar-refractivity contribution < 1.29 is 9.53 Å². The first-order valence-corrected chi connectivity index (χ1v) is 12.6. The van der Waals surface area contributed by atoms with E-state index in [1.165, 1.54) is 11.3 Å². The Hall–Kier alpha value is -1.80. The van der Waals surface area contributed by atoms with Crippen LogP contribution in [0.4, 0.5) is 5.13 Å². The molecule has 1 amide bonds. The van der Waals surface area contributed by atoms with E-state index in [2.05, 4.69) is 18.7 Å². The van der Waals surface area contributed by atoms with Crippen molar-refractivity contribution in [2.45, 2.75) is 25.2 Å². The molecule has 0 bridgehead atoms. The van der Waals surface area contributed by atoms with Gasteiger partial charge in [-0.15, -0.1) is 11.8 Å². The van der Waals surface area contributed by atoms with Crippen LogP contribution in [0.25, 0.3) is 10.2 Å². The highest BCUT2D eigenvalue weighted by Gasteiger charge is 2.21. The van der Waals surface area contributed by atoms with Gasteiger partial charge in [0.25, 0.3) is 0 Å². The number of halogens is 1. The van der Waals surface area contributed by atoms with Crippen LogP contribution >= 0.6 is 34.7 Å². The number of carbonyl (C=O) groups excluding carboxylic acids is 1. The minimum atomic E-state index is 0.0895. The first-order valence-electron chi connectivity index (χ1n) is 10.4. The average molecular weight is 478 g/mol. The SMILES string of the molecule is CCN(CC)CCN(C(=O)CCSc1ccc(Cl)cc1)c1nc2c(OC)cccc2s1. The van der Waals surface area contributed by atoms with Gasteiger partial charge in [0, 0.05) is 35.2 Å². The number of thiazole rings is 1. The van der Waals surface area contributed by atoms with Gasteiger partial charge in [0.2, 0.25) is 5.91 Å². The number of thioether (sulfide) groups is 1. The Balaban J connectivity index is 1.75. The number of amides is 1. The predicted octanol–water partition coefficient (Wildman–Crippen LogP) is 5.82. The zero-order chi connectivity index (χ0) is 22.2. The molecule has 3 rings (SSSR count). The minimum absolute atomic E-state index is 0.0895. The van der Waals surface area contributed by atoms with Crippen molar-refractivity contribution in [2.24, 2.45) is 0 Å². The highest BCUT2D eigenvalue weighted by Crippen LogP contribution is 2.34. The lowest BCUT2D eigenvalue weighted by Crippen LogP contribution is -2.39. The summed E-state index contributed by atoms with van der Waals surface area (Å²) in [7, 11) is 1.64. The quantitative estimate of drug-likeness (QED) is 0.326. The summed E-state index contributed by atoms with van der Waals surface area (Å²) in [5, 5.41) is 1.45. The number of benzene rings is 2. The summed E-state index contributed by atoms with van der Waals surface area (Å²) in [6.45, 7) is 7.63. The number of hydrogen-bond acceptors (Lipinski definition) is 6. The minimum Gasteiger partial charge on any atom is -0.494 e. The molecule has 1 aromatic heterocycles. The Morgan fingerprint density at radius 2 is 1.87 bits per heavy atom. The third-order valence-electron chi connectivity index (χ3n) is 5.06. The molecule has 3 aromatic rings. The van der Waals surface area contributed by atoms with E-state index in [9.17, 15) is 4.79 Å². The Bertz CT molecular complexity index is 990. The maximum absolute atomic E-state index is 13.2. The van der Waals surface area contributed by atoms with E-state index in [0.717, 1.165) is 45.6 Å². The third kappa shape index (κ3) is 6.35. The topological polar surface area (TPSA) is 45.7 Å². The van der Waals surface area contributed by atoms with Crippen LogP contribution < -0.4 is 9.64 Å². The second-order valence-electron chi connectivity index (χ2n) is 6.93. The molecule has 8 heteroatoms. The molecule has 0 aliphatic heterocycles. The van der Waals surface area contributed by atoms with Crippen LogP contribution in [-0.2, 0) is 4.79 Å². The van der Waals surface area contributed by atoms with E-state index in [-0.39, 0.29) is 5.91 Å². The Labute approximate surface area is 197 Å². The number of fused-ring (bicyclic) bond motifs is 1. The molecule has 166 valence electrons. The van der Waals surface area contributed by atoms with Gasteiger partial charge in [0.05, 0.1) is 11.8 Å². The number of rotatable bonds is 11. The van der Waals surface area contributed by atoms with Crippen molar-refractivity contribution in [3.63, 3.8) is 0 Å². The van der Waals surface area contributed by atoms with Crippen LogP contribution in [0.15, 0.2) is 47.4 Å². The third-order valence-corrected chi connectivity index (χ3v) is 7.36. The molecular weight excluding hydrogens is 450 g/mol. The fraction of sp³-hybridized carbons (Fsp3) is 0.391. The molecule has 0 saturated carbocycles. The van der Waals surface area contributed by atoms with Crippen molar-refractivity contribution in [1.29, 1.82) is 0 Å². The van der Waals surface area contributed by atoms with Crippen molar-refractivity contribution in [1.82, 2.24) is 9.88 Å². The first-order chi connectivity index (χ1) is 15.0. The summed E-state index contributed by atoms with van der Waals surface area (Å²) < 4.78 is 6.48. The van der Waals surface area contributed by atoms with Gasteiger partial charge in [-0.3, -0.25) is 9.69 Å². The van der Waals surface area contributed by atoms with Gasteiger partial charge in [-0.1, -0.05) is 42.9 Å². The number of aromatic nitrogens is 1. The lowest BCUT2D eigenvalue weighted by molar-refractivity contribution is -0.118. The largest absolute Gasteiger partial charge is 0.494 e. The number of methoxy groups -OCH3 is 1. The number of anilines is 1. The lowest BCUT2D eigenvalue weighted by atomic mass is 10.3. The van der Waals surface area contributed by atoms with E-state index in [1.54, 1.807) is 18.9 Å². The molecule has 0 aliphatic rings. The van der Waals surface area contributed by atoms with Gasteiger partial charge >= 0.3 is 0 Å². The maximum atomic E-state index is 13.2. The molecule has 1 heterocycles. The molecule has 0 spiro atoms. The second-order valence-corrected chi connectivity index (χ2v) is 9.54. The number of hydrogen-bond donors (Lipinski definition) is 0. The monoisotopic (exact) mass is 477 g/mol. The summed E-state index contributed by atoms with van der Waals surface area (Å²) in [6, 6.07) is 13.6. The van der Waals surface area contributed by atoms with E-state index < -0.39 is 0 Å². The summed E-state index contributed by atoms with van der Waals surface area (Å²) in [6.07, 6.45) is 0.443. The van der Waals surface area contributed by atoms with E-state index in [4.69, 9.17) is 21.3 Å². The van der Waals surface area contributed by atoms with Crippen molar-refractivity contribution in [3.05, 3.63) is 47.5 Å². The smallest absolute Gasteiger partial charge is 0.229 e. The van der Waals surface area contributed by atoms with Gasteiger partial charge in [-0.25, -0.2) is 4.98 Å². The number of para-hydroxylation sites is 1. The van der Waals surface area contributed by atoms with Crippen LogP contribution in [0.5, 0.6) is 5.75 Å². The molecule has 0 aliphatic carbocycles.